The van der Waals surface area contributed by atoms with Crippen molar-refractivity contribution < 1.29 is 4.84 Å². The van der Waals surface area contributed by atoms with Crippen LogP contribution in [-0.4, -0.2) is 20.2 Å². The number of nitrogens with zero attached hydrogens (tertiary/aromatic N) is 1. The molecule has 2 radical (unpaired) electrons. The van der Waals surface area contributed by atoms with Gasteiger partial charge in [-0.2, -0.15) is 0 Å². The molecular formula is C3H8N2O. The SMILES string of the molecule is CNCCO[N]. The molecule has 0 saturated carbocycles. The Morgan fingerprint density at radius 1 is 1.83 bits per heavy atom. The van der Waals surface area contributed by atoms with Crippen molar-refractivity contribution in [3.05, 3.63) is 0 Å². The topological polar surface area (TPSA) is 43.6 Å². The quantitative estimate of drug-likeness (QED) is 0.363. The molecule has 3 nitrogen and oxygen atoms in total. The van der Waals surface area contributed by atoms with E-state index < -0.39 is 0 Å². The number of hydrogen-bond donors (Lipinski definition) is 1. The first-order valence-electron chi connectivity index (χ1n) is 1.82. The summed E-state index contributed by atoms with van der Waals surface area (Å²) in [6.45, 7) is 1.05. The van der Waals surface area contributed by atoms with Gasteiger partial charge in [0, 0.05) is 12.4 Å². The fraction of sp³-hybridized carbons (Fsp3) is 1.00. The van der Waals surface area contributed by atoms with E-state index in [1.165, 1.54) is 0 Å². The van der Waals surface area contributed by atoms with Crippen LogP contribution in [0.3, 0.4) is 0 Å². The second kappa shape index (κ2) is 4.88. The van der Waals surface area contributed by atoms with Gasteiger partial charge >= 0.3 is 0 Å². The molecule has 0 aliphatic carbocycles. The average molecular weight is 88.1 g/mol. The van der Waals surface area contributed by atoms with Crippen LogP contribution in [0.15, 0.2) is 0 Å². The maximum Gasteiger partial charge on any atom is 0.0844 e. The van der Waals surface area contributed by atoms with Crippen LogP contribution in [0.25, 0.3) is 0 Å². The third-order valence-electron chi connectivity index (χ3n) is 0.443. The Hall–Kier alpha value is -0.120. The molecule has 36 valence electrons. The summed E-state index contributed by atoms with van der Waals surface area (Å²) >= 11 is 0. The lowest BCUT2D eigenvalue weighted by molar-refractivity contribution is 0.121. The summed E-state index contributed by atoms with van der Waals surface area (Å²) in [5.41, 5.74) is 0. The van der Waals surface area contributed by atoms with Gasteiger partial charge in [-0.15, -0.1) is 0 Å². The van der Waals surface area contributed by atoms with Crippen molar-refractivity contribution in [2.45, 2.75) is 0 Å². The van der Waals surface area contributed by atoms with Crippen molar-refractivity contribution in [1.82, 2.24) is 11.2 Å². The summed E-state index contributed by atoms with van der Waals surface area (Å²) < 4.78 is 0. The van der Waals surface area contributed by atoms with Crippen molar-refractivity contribution in [2.75, 3.05) is 20.2 Å². The van der Waals surface area contributed by atoms with Crippen molar-refractivity contribution in [3.8, 4) is 0 Å². The number of hydrogen-bond acceptors (Lipinski definition) is 2. The minimum atomic E-state index is 0.358. The molecular weight excluding hydrogens is 80.0 g/mol. The van der Waals surface area contributed by atoms with E-state index in [-0.39, 0.29) is 0 Å². The van der Waals surface area contributed by atoms with Gasteiger partial charge in [0.25, 0.3) is 0 Å². The first-order chi connectivity index (χ1) is 2.91. The summed E-state index contributed by atoms with van der Waals surface area (Å²) in [7, 11) is 1.79. The van der Waals surface area contributed by atoms with Crippen LogP contribution in [0.1, 0.15) is 0 Å². The highest BCUT2D eigenvalue weighted by Crippen LogP contribution is 1.55. The molecule has 1 N–H and O–H groups in total. The third-order valence-corrected chi connectivity index (χ3v) is 0.443. The van der Waals surface area contributed by atoms with Crippen molar-refractivity contribution in [2.24, 2.45) is 0 Å². The molecule has 6 heavy (non-hydrogen) atoms. The second-order valence-electron chi connectivity index (χ2n) is 0.937. The lowest BCUT2D eigenvalue weighted by atomic mass is 10.7. The Bertz CT molecular complexity index is 20.8. The van der Waals surface area contributed by atoms with E-state index in [4.69, 9.17) is 5.90 Å². The van der Waals surface area contributed by atoms with Crippen LogP contribution in [0, 0.1) is 0 Å². The lowest BCUT2D eigenvalue weighted by Gasteiger charge is -1.89. The molecule has 0 unspecified atom stereocenters. The molecule has 0 aromatic heterocycles. The third kappa shape index (κ3) is 3.88. The van der Waals surface area contributed by atoms with Gasteiger partial charge in [-0.1, -0.05) is 0 Å². The minimum Gasteiger partial charge on any atom is -0.317 e. The lowest BCUT2D eigenvalue weighted by Crippen LogP contribution is -2.13. The predicted molar refractivity (Wildman–Crippen MR) is 22.0 cm³/mol. The fourth-order valence-corrected chi connectivity index (χ4v) is 0.148. The van der Waals surface area contributed by atoms with Gasteiger partial charge in [0.05, 0.1) is 6.61 Å². The zero-order valence-electron chi connectivity index (χ0n) is 3.77. The van der Waals surface area contributed by atoms with Gasteiger partial charge in [0.2, 0.25) is 0 Å². The fourth-order valence-electron chi connectivity index (χ4n) is 0.148. The highest BCUT2D eigenvalue weighted by molar-refractivity contribution is 4.29. The maximum atomic E-state index is 7.66. The Labute approximate surface area is 37.4 Å². The highest BCUT2D eigenvalue weighted by Gasteiger charge is 1.74. The van der Waals surface area contributed by atoms with Crippen LogP contribution in [0.4, 0.5) is 0 Å². The summed E-state index contributed by atoms with van der Waals surface area (Å²) in [5, 5.41) is 2.78. The van der Waals surface area contributed by atoms with Crippen LogP contribution < -0.4 is 11.2 Å². The van der Waals surface area contributed by atoms with Crippen LogP contribution >= 0.6 is 0 Å². The highest BCUT2D eigenvalue weighted by atomic mass is 16.6. The summed E-state index contributed by atoms with van der Waals surface area (Å²) in [6.07, 6.45) is 0. The van der Waals surface area contributed by atoms with E-state index in [1.54, 1.807) is 7.05 Å². The number of nitrogens with one attached hydrogen (secondary N) is 1. The first kappa shape index (κ1) is 5.88. The van der Waals surface area contributed by atoms with Crippen LogP contribution in [0.2, 0.25) is 0 Å². The van der Waals surface area contributed by atoms with E-state index >= 15 is 0 Å². The molecule has 0 saturated heterocycles. The van der Waals surface area contributed by atoms with E-state index in [2.05, 4.69) is 10.2 Å². The molecule has 0 rings (SSSR count). The van der Waals surface area contributed by atoms with Gasteiger partial charge < -0.3 is 5.32 Å². The Kier molecular flexibility index (Phi) is 4.78. The van der Waals surface area contributed by atoms with Crippen molar-refractivity contribution >= 4 is 0 Å². The number of rotatable bonds is 3. The van der Waals surface area contributed by atoms with E-state index in [0.717, 1.165) is 0 Å². The van der Waals surface area contributed by atoms with E-state index in [9.17, 15) is 0 Å². The maximum absolute atomic E-state index is 7.66. The number of likely N-dealkylation sites (N-methyl/N-ethyl adjacent to an activating group) is 1. The van der Waals surface area contributed by atoms with Gasteiger partial charge in [-0.3, -0.25) is 4.84 Å². The minimum absolute atomic E-state index is 0.358. The van der Waals surface area contributed by atoms with Crippen molar-refractivity contribution in [3.63, 3.8) is 0 Å². The molecule has 0 spiro atoms. The normalized spacial score (nSPS) is 9.00. The predicted octanol–water partition coefficient (Wildman–Crippen LogP) is -0.794. The van der Waals surface area contributed by atoms with Crippen LogP contribution in [0.5, 0.6) is 0 Å². The molecule has 0 amide bonds. The first-order valence-corrected chi connectivity index (χ1v) is 1.82. The molecule has 0 atom stereocenters. The smallest absolute Gasteiger partial charge is 0.0844 e. The zero-order valence-corrected chi connectivity index (χ0v) is 3.77. The van der Waals surface area contributed by atoms with Crippen molar-refractivity contribution in [1.29, 1.82) is 0 Å². The van der Waals surface area contributed by atoms with Gasteiger partial charge in [-0.05, 0) is 7.05 Å². The molecule has 0 fully saturated rings. The summed E-state index contributed by atoms with van der Waals surface area (Å²) in [4.78, 5) is 3.72. The summed E-state index contributed by atoms with van der Waals surface area (Å²) in [6, 6.07) is 0. The van der Waals surface area contributed by atoms with Gasteiger partial charge in [-0.25, -0.2) is 0 Å². The van der Waals surface area contributed by atoms with Gasteiger partial charge in [0.15, 0.2) is 0 Å². The largest absolute Gasteiger partial charge is 0.317 e. The standard InChI is InChI=1S/C3H8N2O/c1-5-2-3-6-4/h5H,2-3H2,1H3. The Morgan fingerprint density at radius 3 is 2.67 bits per heavy atom. The Morgan fingerprint density at radius 2 is 2.50 bits per heavy atom. The van der Waals surface area contributed by atoms with Crippen LogP contribution in [-0.2, 0) is 4.84 Å². The van der Waals surface area contributed by atoms with E-state index in [1.807, 2.05) is 0 Å². The molecule has 0 aliphatic heterocycles. The molecule has 3 heteroatoms. The summed E-state index contributed by atoms with van der Waals surface area (Å²) in [5.74, 6) is 7.66. The van der Waals surface area contributed by atoms with Gasteiger partial charge in [0.1, 0.15) is 0 Å². The zero-order chi connectivity index (χ0) is 4.83. The average Bonchev–Trinajstić information content (AvgIpc) is 1.61. The molecule has 0 aromatic carbocycles. The second-order valence-corrected chi connectivity index (χ2v) is 0.937. The molecule has 0 bridgehead atoms. The molecule has 0 aliphatic rings. The Balaban J connectivity index is 2.34. The monoisotopic (exact) mass is 88.1 g/mol. The molecule has 0 aromatic rings. The van der Waals surface area contributed by atoms with E-state index in [0.29, 0.717) is 13.2 Å². The molecule has 0 heterocycles.